The number of non-ortho nitro benzene ring substituents is 1. The molecule has 2 atom stereocenters. The first kappa shape index (κ1) is 22.1. The lowest BCUT2D eigenvalue weighted by Gasteiger charge is -2.48. The number of hydrogen-bond donors (Lipinski definition) is 1. The van der Waals surface area contributed by atoms with Crippen LogP contribution in [0.25, 0.3) is 0 Å². The van der Waals surface area contributed by atoms with Crippen LogP contribution < -0.4 is 10.2 Å². The summed E-state index contributed by atoms with van der Waals surface area (Å²) in [5.74, 6) is -0.464. The summed E-state index contributed by atoms with van der Waals surface area (Å²) in [5.41, 5.74) is 1.69. The van der Waals surface area contributed by atoms with Crippen LogP contribution in [0, 0.1) is 16.0 Å². The van der Waals surface area contributed by atoms with Gasteiger partial charge >= 0.3 is 0 Å². The minimum Gasteiger partial charge on any atom is -0.459 e. The van der Waals surface area contributed by atoms with Crippen LogP contribution in [0.2, 0.25) is 0 Å². The molecule has 0 bridgehead atoms. The molecule has 4 heterocycles. The molecule has 2 amide bonds. The van der Waals surface area contributed by atoms with Crippen molar-refractivity contribution in [1.82, 2.24) is 10.2 Å². The zero-order valence-corrected chi connectivity index (χ0v) is 19.2. The molecule has 5 rings (SSSR count). The summed E-state index contributed by atoms with van der Waals surface area (Å²) in [4.78, 5) is 42.2. The first-order valence-electron chi connectivity index (χ1n) is 11.2. The molecule has 10 heteroatoms. The summed E-state index contributed by atoms with van der Waals surface area (Å²) >= 11 is 1.65. The molecule has 2 aliphatic rings. The van der Waals surface area contributed by atoms with Gasteiger partial charge < -0.3 is 19.5 Å². The van der Waals surface area contributed by atoms with Crippen molar-refractivity contribution < 1.29 is 18.9 Å². The molecule has 0 saturated carbocycles. The fourth-order valence-electron chi connectivity index (χ4n) is 4.86. The van der Waals surface area contributed by atoms with E-state index in [9.17, 15) is 19.7 Å². The third kappa shape index (κ3) is 4.28. The van der Waals surface area contributed by atoms with E-state index in [0.29, 0.717) is 32.6 Å². The fraction of sp³-hybridized carbons (Fsp3) is 0.333. The van der Waals surface area contributed by atoms with E-state index in [4.69, 9.17) is 4.42 Å². The molecule has 1 aromatic carbocycles. The van der Waals surface area contributed by atoms with Gasteiger partial charge in [0.25, 0.3) is 11.6 Å². The SMILES string of the molecule is O=C(NCCc1cccs1)C1Cc2cc([N+](=O)[O-])ccc2N2CCN(C(=O)c3ccco3)CC12. The Morgan fingerprint density at radius 3 is 2.82 bits per heavy atom. The number of nitro groups is 1. The normalized spacial score (nSPS) is 19.3. The smallest absolute Gasteiger partial charge is 0.289 e. The minimum atomic E-state index is -0.440. The maximum Gasteiger partial charge on any atom is 0.289 e. The van der Waals surface area contributed by atoms with Gasteiger partial charge in [0, 0.05) is 48.9 Å². The van der Waals surface area contributed by atoms with Crippen LogP contribution in [-0.4, -0.2) is 53.9 Å². The molecule has 1 fully saturated rings. The maximum atomic E-state index is 13.3. The quantitative estimate of drug-likeness (QED) is 0.429. The number of fused-ring (bicyclic) bond motifs is 3. The second kappa shape index (κ2) is 9.30. The highest BCUT2D eigenvalue weighted by Gasteiger charge is 2.43. The Bertz CT molecular complexity index is 1190. The third-order valence-electron chi connectivity index (χ3n) is 6.51. The second-order valence-corrected chi connectivity index (χ2v) is 9.52. The van der Waals surface area contributed by atoms with Gasteiger partial charge in [-0.1, -0.05) is 6.07 Å². The summed E-state index contributed by atoms with van der Waals surface area (Å²) in [6.07, 6.45) is 2.60. The molecule has 9 nitrogen and oxygen atoms in total. The topological polar surface area (TPSA) is 109 Å². The number of rotatable bonds is 6. The molecule has 0 radical (unpaired) electrons. The Labute approximate surface area is 200 Å². The van der Waals surface area contributed by atoms with Gasteiger partial charge in [0.2, 0.25) is 5.91 Å². The summed E-state index contributed by atoms with van der Waals surface area (Å²) < 4.78 is 5.29. The molecule has 3 aromatic rings. The summed E-state index contributed by atoms with van der Waals surface area (Å²) in [6.45, 7) is 1.89. The van der Waals surface area contributed by atoms with E-state index >= 15 is 0 Å². The molecule has 0 spiro atoms. The van der Waals surface area contributed by atoms with E-state index in [1.165, 1.54) is 17.2 Å². The van der Waals surface area contributed by atoms with Crippen LogP contribution in [0.15, 0.2) is 58.5 Å². The Hall–Kier alpha value is -3.66. The molecule has 2 unspecified atom stereocenters. The van der Waals surface area contributed by atoms with Gasteiger partial charge in [0.05, 0.1) is 23.1 Å². The van der Waals surface area contributed by atoms with Crippen LogP contribution in [0.4, 0.5) is 11.4 Å². The Kier molecular flexibility index (Phi) is 6.06. The average molecular weight is 481 g/mol. The zero-order valence-electron chi connectivity index (χ0n) is 18.4. The number of benzene rings is 1. The van der Waals surface area contributed by atoms with Crippen molar-refractivity contribution in [3.05, 3.63) is 80.4 Å². The summed E-state index contributed by atoms with van der Waals surface area (Å²) in [7, 11) is 0. The summed E-state index contributed by atoms with van der Waals surface area (Å²) in [6, 6.07) is 11.9. The molecular weight excluding hydrogens is 456 g/mol. The van der Waals surface area contributed by atoms with E-state index in [-0.39, 0.29) is 29.3 Å². The lowest BCUT2D eigenvalue weighted by Crippen LogP contribution is -2.62. The highest BCUT2D eigenvalue weighted by atomic mass is 32.1. The largest absolute Gasteiger partial charge is 0.459 e. The lowest BCUT2D eigenvalue weighted by atomic mass is 9.83. The average Bonchev–Trinajstić information content (AvgIpc) is 3.57. The number of amides is 2. The van der Waals surface area contributed by atoms with Crippen molar-refractivity contribution in [2.24, 2.45) is 5.92 Å². The lowest BCUT2D eigenvalue weighted by molar-refractivity contribution is -0.384. The molecule has 34 heavy (non-hydrogen) atoms. The van der Waals surface area contributed by atoms with Gasteiger partial charge in [0.1, 0.15) is 0 Å². The first-order chi connectivity index (χ1) is 16.5. The molecule has 1 saturated heterocycles. The highest BCUT2D eigenvalue weighted by molar-refractivity contribution is 7.09. The number of piperazine rings is 1. The number of nitrogens with zero attached hydrogens (tertiary/aromatic N) is 3. The fourth-order valence-corrected chi connectivity index (χ4v) is 5.57. The van der Waals surface area contributed by atoms with E-state index in [1.807, 2.05) is 17.5 Å². The standard InChI is InChI=1S/C24H24N4O5S/c29-23(25-8-7-18-3-2-12-34-18)19-14-16-13-17(28(31)32)5-6-20(16)27-10-9-26(15-21(19)27)24(30)22-4-1-11-33-22/h1-6,11-13,19,21H,7-10,14-15H2,(H,25,29). The predicted octanol–water partition coefficient (Wildman–Crippen LogP) is 3.11. The number of carbonyl (C=O) groups excluding carboxylic acids is 2. The Balaban J connectivity index is 1.39. The van der Waals surface area contributed by atoms with Crippen molar-refractivity contribution in [2.45, 2.75) is 18.9 Å². The van der Waals surface area contributed by atoms with Crippen molar-refractivity contribution in [2.75, 3.05) is 31.1 Å². The van der Waals surface area contributed by atoms with Gasteiger partial charge in [0.15, 0.2) is 5.76 Å². The third-order valence-corrected chi connectivity index (χ3v) is 7.45. The van der Waals surface area contributed by atoms with Gasteiger partial charge in [-0.2, -0.15) is 0 Å². The van der Waals surface area contributed by atoms with Gasteiger partial charge in [-0.05, 0) is 48.1 Å². The predicted molar refractivity (Wildman–Crippen MR) is 127 cm³/mol. The maximum absolute atomic E-state index is 13.3. The van der Waals surface area contributed by atoms with E-state index in [0.717, 1.165) is 17.7 Å². The summed E-state index contributed by atoms with van der Waals surface area (Å²) in [5, 5.41) is 16.4. The van der Waals surface area contributed by atoms with Gasteiger partial charge in [-0.15, -0.1) is 11.3 Å². The second-order valence-electron chi connectivity index (χ2n) is 8.49. The zero-order chi connectivity index (χ0) is 23.7. The van der Waals surface area contributed by atoms with Crippen LogP contribution >= 0.6 is 11.3 Å². The van der Waals surface area contributed by atoms with Gasteiger partial charge in [-0.3, -0.25) is 19.7 Å². The number of hydrogen-bond acceptors (Lipinski definition) is 7. The van der Waals surface area contributed by atoms with Crippen LogP contribution in [0.3, 0.4) is 0 Å². The van der Waals surface area contributed by atoms with Crippen molar-refractivity contribution >= 4 is 34.5 Å². The van der Waals surface area contributed by atoms with Crippen molar-refractivity contribution in [1.29, 1.82) is 0 Å². The molecule has 2 aromatic heterocycles. The number of carbonyl (C=O) groups is 2. The van der Waals surface area contributed by atoms with Crippen molar-refractivity contribution in [3.8, 4) is 0 Å². The number of anilines is 1. The van der Waals surface area contributed by atoms with E-state index < -0.39 is 10.8 Å². The number of furan rings is 1. The molecule has 2 aliphatic heterocycles. The number of thiophene rings is 1. The highest BCUT2D eigenvalue weighted by Crippen LogP contribution is 2.38. The van der Waals surface area contributed by atoms with Crippen LogP contribution in [-0.2, 0) is 17.6 Å². The molecule has 176 valence electrons. The Morgan fingerprint density at radius 1 is 1.21 bits per heavy atom. The van der Waals surface area contributed by atoms with Gasteiger partial charge in [-0.25, -0.2) is 0 Å². The van der Waals surface area contributed by atoms with E-state index in [2.05, 4.69) is 10.2 Å². The van der Waals surface area contributed by atoms with Crippen LogP contribution in [0.1, 0.15) is 21.0 Å². The number of nitro benzene ring substituents is 1. The first-order valence-corrected chi connectivity index (χ1v) is 12.1. The number of nitrogens with one attached hydrogen (secondary N) is 1. The van der Waals surface area contributed by atoms with Crippen LogP contribution in [0.5, 0.6) is 0 Å². The molecule has 1 N–H and O–H groups in total. The minimum absolute atomic E-state index is 0.0145. The van der Waals surface area contributed by atoms with E-state index in [1.54, 1.807) is 40.5 Å². The molecular formula is C24H24N4O5S. The monoisotopic (exact) mass is 480 g/mol. The van der Waals surface area contributed by atoms with Crippen molar-refractivity contribution in [3.63, 3.8) is 0 Å². The molecule has 0 aliphatic carbocycles. The Morgan fingerprint density at radius 2 is 2.09 bits per heavy atom.